The zero-order chi connectivity index (χ0) is 20.0. The van der Waals surface area contributed by atoms with Crippen LogP contribution < -0.4 is 5.32 Å². The second-order valence-electron chi connectivity index (χ2n) is 7.81. The molecule has 1 amide bonds. The molecule has 0 saturated carbocycles. The minimum atomic E-state index is -0.310. The van der Waals surface area contributed by atoms with Gasteiger partial charge in [0.25, 0.3) is 5.91 Å². The average Bonchev–Trinajstić information content (AvgIpc) is 3.32. The number of fused-ring (bicyclic) bond motifs is 3. The summed E-state index contributed by atoms with van der Waals surface area (Å²) in [6.45, 7) is 2.92. The summed E-state index contributed by atoms with van der Waals surface area (Å²) in [5, 5.41) is 3.39. The maximum Gasteiger partial charge on any atom is 0.264 e. The van der Waals surface area contributed by atoms with Gasteiger partial charge in [0.15, 0.2) is 0 Å². The van der Waals surface area contributed by atoms with Crippen LogP contribution in [0.4, 0.5) is 4.39 Å². The lowest BCUT2D eigenvalue weighted by Gasteiger charge is -2.40. The molecule has 5 rings (SSSR count). The van der Waals surface area contributed by atoms with Gasteiger partial charge >= 0.3 is 0 Å². The monoisotopic (exact) mass is 486 g/mol. The van der Waals surface area contributed by atoms with E-state index in [1.165, 1.54) is 22.6 Å². The Bertz CT molecular complexity index is 1080. The molecule has 1 spiro atoms. The summed E-state index contributed by atoms with van der Waals surface area (Å²) >= 11 is 1.57. The molecular formula is C21H25Cl2FN4O2S. The van der Waals surface area contributed by atoms with Crippen LogP contribution in [0, 0.1) is 5.82 Å². The molecule has 6 nitrogen and oxygen atoms in total. The normalized spacial score (nSPS) is 17.0. The molecule has 4 heterocycles. The lowest BCUT2D eigenvalue weighted by Crippen LogP contribution is -2.43. The van der Waals surface area contributed by atoms with Gasteiger partial charge in [-0.3, -0.25) is 4.79 Å². The first-order valence-electron chi connectivity index (χ1n) is 9.92. The van der Waals surface area contributed by atoms with Crippen molar-refractivity contribution >= 4 is 53.1 Å². The lowest BCUT2D eigenvalue weighted by atomic mass is 9.86. The zero-order valence-corrected chi connectivity index (χ0v) is 19.5. The molecule has 10 heteroatoms. The van der Waals surface area contributed by atoms with E-state index in [0.29, 0.717) is 30.0 Å². The van der Waals surface area contributed by atoms with Crippen LogP contribution in [0.15, 0.2) is 24.3 Å². The van der Waals surface area contributed by atoms with Crippen molar-refractivity contribution in [3.8, 4) is 0 Å². The maximum atomic E-state index is 13.4. The predicted molar refractivity (Wildman–Crippen MR) is 124 cm³/mol. The number of halogens is 3. The summed E-state index contributed by atoms with van der Waals surface area (Å²) < 4.78 is 19.6. The van der Waals surface area contributed by atoms with Crippen LogP contribution in [0.25, 0.3) is 11.0 Å². The van der Waals surface area contributed by atoms with Crippen LogP contribution in [-0.2, 0) is 23.3 Å². The van der Waals surface area contributed by atoms with E-state index < -0.39 is 0 Å². The highest BCUT2D eigenvalue weighted by molar-refractivity contribution is 7.14. The number of nitrogens with zero attached hydrogens (tertiary/aromatic N) is 2. The number of thiophene rings is 1. The van der Waals surface area contributed by atoms with Crippen molar-refractivity contribution in [1.29, 1.82) is 0 Å². The molecule has 1 aromatic carbocycles. The van der Waals surface area contributed by atoms with Crippen molar-refractivity contribution in [3.05, 3.63) is 51.2 Å². The Balaban J connectivity index is 0.00000136. The van der Waals surface area contributed by atoms with Crippen molar-refractivity contribution < 1.29 is 13.9 Å². The number of carbonyl (C=O) groups is 1. The molecule has 2 aliphatic heterocycles. The van der Waals surface area contributed by atoms with Crippen molar-refractivity contribution in [3.63, 3.8) is 0 Å². The molecule has 0 radical (unpaired) electrons. The summed E-state index contributed by atoms with van der Waals surface area (Å²) in [7, 11) is 1.77. The number of imidazole rings is 1. The van der Waals surface area contributed by atoms with Crippen LogP contribution in [0.5, 0.6) is 0 Å². The van der Waals surface area contributed by atoms with Crippen molar-refractivity contribution in [2.75, 3.05) is 26.7 Å². The Labute approximate surface area is 196 Å². The number of piperidine rings is 1. The predicted octanol–water partition coefficient (Wildman–Crippen LogP) is 4.03. The van der Waals surface area contributed by atoms with Crippen LogP contribution in [0.2, 0.25) is 0 Å². The maximum absolute atomic E-state index is 13.4. The number of amides is 1. The van der Waals surface area contributed by atoms with Crippen LogP contribution in [0.1, 0.15) is 38.8 Å². The third kappa shape index (κ3) is 4.45. The minimum absolute atomic E-state index is 0. The summed E-state index contributed by atoms with van der Waals surface area (Å²) in [6, 6.07) is 6.48. The Morgan fingerprint density at radius 2 is 2.06 bits per heavy atom. The SMILES string of the molecule is CN(Cc1nc2ccc(F)cc2[nH]1)C(=O)c1cc2c(s1)C1(CCNCC1)OCC2.Cl.Cl. The third-order valence-electron chi connectivity index (χ3n) is 5.82. The van der Waals surface area contributed by atoms with Gasteiger partial charge in [-0.1, -0.05) is 0 Å². The van der Waals surface area contributed by atoms with Crippen molar-refractivity contribution in [2.45, 2.75) is 31.4 Å². The van der Waals surface area contributed by atoms with Gasteiger partial charge in [-0.25, -0.2) is 9.37 Å². The summed E-state index contributed by atoms with van der Waals surface area (Å²) in [4.78, 5) is 24.3. The smallest absolute Gasteiger partial charge is 0.264 e. The largest absolute Gasteiger partial charge is 0.369 e. The molecule has 2 aliphatic rings. The van der Waals surface area contributed by atoms with Gasteiger partial charge in [-0.05, 0) is 62.2 Å². The van der Waals surface area contributed by atoms with E-state index in [9.17, 15) is 9.18 Å². The minimum Gasteiger partial charge on any atom is -0.369 e. The lowest BCUT2D eigenvalue weighted by molar-refractivity contribution is -0.0771. The fourth-order valence-corrected chi connectivity index (χ4v) is 5.73. The van der Waals surface area contributed by atoms with E-state index in [0.717, 1.165) is 37.2 Å². The Morgan fingerprint density at radius 1 is 1.29 bits per heavy atom. The first-order valence-corrected chi connectivity index (χ1v) is 10.7. The summed E-state index contributed by atoms with van der Waals surface area (Å²) in [5.41, 5.74) is 2.35. The molecule has 3 aromatic rings. The highest BCUT2D eigenvalue weighted by Crippen LogP contribution is 2.44. The van der Waals surface area contributed by atoms with E-state index >= 15 is 0 Å². The van der Waals surface area contributed by atoms with Gasteiger partial charge in [0.2, 0.25) is 0 Å². The number of rotatable bonds is 3. The van der Waals surface area contributed by atoms with E-state index in [4.69, 9.17) is 4.74 Å². The molecule has 0 atom stereocenters. The number of H-pyrrole nitrogens is 1. The summed E-state index contributed by atoms with van der Waals surface area (Å²) in [6.07, 6.45) is 2.74. The molecule has 1 fully saturated rings. The number of nitrogens with one attached hydrogen (secondary N) is 2. The van der Waals surface area contributed by atoms with E-state index in [-0.39, 0.29) is 42.1 Å². The molecule has 0 bridgehead atoms. The van der Waals surface area contributed by atoms with Crippen LogP contribution >= 0.6 is 36.2 Å². The standard InChI is InChI=1S/C21H23FN4O2S.2ClH/c1-26(12-18-24-15-3-2-14(22)11-16(15)25-18)20(27)17-10-13-4-9-28-21(19(13)29-17)5-7-23-8-6-21;;/h2-3,10-11,23H,4-9,12H2,1H3,(H,24,25);2*1H. The fraction of sp³-hybridized carbons (Fsp3) is 0.429. The fourth-order valence-electron chi connectivity index (χ4n) is 4.32. The Hall–Kier alpha value is -1.71. The molecule has 0 aliphatic carbocycles. The molecule has 1 saturated heterocycles. The van der Waals surface area contributed by atoms with Crippen LogP contribution in [-0.4, -0.2) is 47.5 Å². The molecule has 0 unspecified atom stereocenters. The highest BCUT2D eigenvalue weighted by atomic mass is 35.5. The second kappa shape index (κ2) is 9.42. The topological polar surface area (TPSA) is 70.2 Å². The quantitative estimate of drug-likeness (QED) is 0.586. The first kappa shape index (κ1) is 23.9. The second-order valence-corrected chi connectivity index (χ2v) is 8.87. The van der Waals surface area contributed by atoms with E-state index in [1.54, 1.807) is 29.4 Å². The molecule has 31 heavy (non-hydrogen) atoms. The summed E-state index contributed by atoms with van der Waals surface area (Å²) in [5.74, 6) is 0.302. The molecule has 2 aromatic heterocycles. The van der Waals surface area contributed by atoms with Gasteiger partial charge in [0.05, 0.1) is 29.1 Å². The Kier molecular flexibility index (Phi) is 7.28. The zero-order valence-electron chi connectivity index (χ0n) is 17.1. The van der Waals surface area contributed by atoms with Gasteiger partial charge < -0.3 is 19.9 Å². The Morgan fingerprint density at radius 3 is 2.84 bits per heavy atom. The number of hydrogen-bond donors (Lipinski definition) is 2. The molecular weight excluding hydrogens is 462 g/mol. The van der Waals surface area contributed by atoms with Crippen molar-refractivity contribution in [1.82, 2.24) is 20.2 Å². The number of aromatic nitrogens is 2. The highest BCUT2D eigenvalue weighted by Gasteiger charge is 2.41. The van der Waals surface area contributed by atoms with Gasteiger partial charge in [-0.15, -0.1) is 36.2 Å². The number of benzene rings is 1. The van der Waals surface area contributed by atoms with E-state index in [1.807, 2.05) is 6.07 Å². The van der Waals surface area contributed by atoms with Gasteiger partial charge in [0.1, 0.15) is 17.2 Å². The first-order chi connectivity index (χ1) is 14.0. The molecule has 168 valence electrons. The average molecular weight is 487 g/mol. The van der Waals surface area contributed by atoms with Gasteiger partial charge in [-0.2, -0.15) is 0 Å². The van der Waals surface area contributed by atoms with Crippen molar-refractivity contribution in [2.24, 2.45) is 0 Å². The van der Waals surface area contributed by atoms with Gasteiger partial charge in [0, 0.05) is 11.9 Å². The van der Waals surface area contributed by atoms with E-state index in [2.05, 4.69) is 15.3 Å². The van der Waals surface area contributed by atoms with Crippen LogP contribution in [0.3, 0.4) is 0 Å². The molecule has 2 N–H and O–H groups in total. The number of carbonyl (C=O) groups excluding carboxylic acids is 1. The number of hydrogen-bond acceptors (Lipinski definition) is 5. The number of ether oxygens (including phenoxy) is 1. The number of aromatic amines is 1. The third-order valence-corrected chi connectivity index (χ3v) is 7.17.